The summed E-state index contributed by atoms with van der Waals surface area (Å²) >= 11 is 0. The summed E-state index contributed by atoms with van der Waals surface area (Å²) in [7, 11) is 0. The SMILES string of the molecule is CCCOc1ccc(-c2ccc([C@H]3CC[C@H](CC=CF)CC3)cc2)cc1. The summed E-state index contributed by atoms with van der Waals surface area (Å²) in [5.74, 6) is 2.25. The topological polar surface area (TPSA) is 9.23 Å². The molecule has 3 rings (SSSR count). The lowest BCUT2D eigenvalue weighted by Gasteiger charge is -2.28. The maximum atomic E-state index is 12.2. The molecule has 1 aliphatic rings. The van der Waals surface area contributed by atoms with Gasteiger partial charge in [0, 0.05) is 0 Å². The van der Waals surface area contributed by atoms with Crippen LogP contribution in [0.15, 0.2) is 60.9 Å². The highest BCUT2D eigenvalue weighted by Crippen LogP contribution is 2.37. The van der Waals surface area contributed by atoms with Crippen LogP contribution in [0.5, 0.6) is 5.75 Å². The zero-order valence-electron chi connectivity index (χ0n) is 15.7. The second kappa shape index (κ2) is 9.56. The van der Waals surface area contributed by atoms with Crippen molar-refractivity contribution in [1.29, 1.82) is 0 Å². The van der Waals surface area contributed by atoms with Crippen molar-refractivity contribution in [2.24, 2.45) is 5.92 Å². The molecule has 1 aliphatic carbocycles. The second-order valence-electron chi connectivity index (χ2n) is 7.31. The zero-order chi connectivity index (χ0) is 18.2. The van der Waals surface area contributed by atoms with E-state index in [2.05, 4.69) is 43.3 Å². The lowest BCUT2D eigenvalue weighted by Crippen LogP contribution is -2.12. The predicted octanol–water partition coefficient (Wildman–Crippen LogP) is 7.29. The van der Waals surface area contributed by atoms with E-state index in [4.69, 9.17) is 4.74 Å². The smallest absolute Gasteiger partial charge is 0.119 e. The van der Waals surface area contributed by atoms with Gasteiger partial charge in [0.1, 0.15) is 5.75 Å². The van der Waals surface area contributed by atoms with Gasteiger partial charge in [-0.3, -0.25) is 0 Å². The van der Waals surface area contributed by atoms with Crippen LogP contribution in [0.2, 0.25) is 0 Å². The molecule has 1 fully saturated rings. The number of benzene rings is 2. The van der Waals surface area contributed by atoms with Crippen molar-refractivity contribution >= 4 is 0 Å². The number of ether oxygens (including phenoxy) is 1. The fourth-order valence-electron chi connectivity index (χ4n) is 3.89. The fraction of sp³-hybridized carbons (Fsp3) is 0.417. The van der Waals surface area contributed by atoms with Gasteiger partial charge in [-0.05, 0) is 79.2 Å². The molecule has 26 heavy (non-hydrogen) atoms. The molecule has 0 amide bonds. The Bertz CT molecular complexity index is 679. The van der Waals surface area contributed by atoms with Gasteiger partial charge in [-0.2, -0.15) is 0 Å². The third-order valence-corrected chi connectivity index (χ3v) is 5.45. The molecule has 1 saturated carbocycles. The Labute approximate surface area is 156 Å². The minimum atomic E-state index is 0.652. The Balaban J connectivity index is 1.58. The first-order chi connectivity index (χ1) is 12.8. The van der Waals surface area contributed by atoms with Crippen LogP contribution in [0.25, 0.3) is 11.1 Å². The summed E-state index contributed by atoms with van der Waals surface area (Å²) in [6.45, 7) is 2.88. The Kier molecular flexibility index (Phi) is 6.88. The molecule has 0 saturated heterocycles. The van der Waals surface area contributed by atoms with Gasteiger partial charge in [-0.15, -0.1) is 0 Å². The van der Waals surface area contributed by atoms with E-state index in [1.165, 1.54) is 42.4 Å². The number of allylic oxidation sites excluding steroid dienone is 1. The number of halogens is 1. The fourth-order valence-corrected chi connectivity index (χ4v) is 3.89. The lowest BCUT2D eigenvalue weighted by atomic mass is 9.77. The predicted molar refractivity (Wildman–Crippen MR) is 107 cm³/mol. The molecule has 0 radical (unpaired) electrons. The van der Waals surface area contributed by atoms with E-state index in [9.17, 15) is 4.39 Å². The molecule has 0 spiro atoms. The molecular weight excluding hydrogens is 323 g/mol. The van der Waals surface area contributed by atoms with Crippen LogP contribution < -0.4 is 4.74 Å². The Morgan fingerprint density at radius 2 is 1.54 bits per heavy atom. The van der Waals surface area contributed by atoms with Crippen LogP contribution in [0.3, 0.4) is 0 Å². The minimum absolute atomic E-state index is 0.652. The molecule has 2 aromatic rings. The van der Waals surface area contributed by atoms with E-state index in [0.717, 1.165) is 25.2 Å². The van der Waals surface area contributed by atoms with Gasteiger partial charge in [-0.25, -0.2) is 4.39 Å². The van der Waals surface area contributed by atoms with Crippen molar-refractivity contribution in [3.8, 4) is 16.9 Å². The maximum Gasteiger partial charge on any atom is 0.119 e. The molecule has 0 aromatic heterocycles. The van der Waals surface area contributed by atoms with Gasteiger partial charge < -0.3 is 4.74 Å². The van der Waals surface area contributed by atoms with Crippen LogP contribution in [0.4, 0.5) is 4.39 Å². The lowest BCUT2D eigenvalue weighted by molar-refractivity contribution is 0.317. The number of hydrogen-bond donors (Lipinski definition) is 0. The highest BCUT2D eigenvalue weighted by atomic mass is 19.1. The van der Waals surface area contributed by atoms with E-state index in [0.29, 0.717) is 18.2 Å². The average Bonchev–Trinajstić information content (AvgIpc) is 2.72. The Morgan fingerprint density at radius 1 is 0.923 bits per heavy atom. The average molecular weight is 352 g/mol. The molecule has 0 N–H and O–H groups in total. The van der Waals surface area contributed by atoms with Crippen LogP contribution in [-0.2, 0) is 0 Å². The quantitative estimate of drug-likeness (QED) is 0.508. The van der Waals surface area contributed by atoms with Crippen molar-refractivity contribution < 1.29 is 9.13 Å². The Morgan fingerprint density at radius 3 is 2.12 bits per heavy atom. The van der Waals surface area contributed by atoms with Gasteiger partial charge in [0.15, 0.2) is 0 Å². The molecule has 0 heterocycles. The molecule has 2 heteroatoms. The third-order valence-electron chi connectivity index (χ3n) is 5.45. The van der Waals surface area contributed by atoms with Crippen LogP contribution in [-0.4, -0.2) is 6.61 Å². The van der Waals surface area contributed by atoms with Gasteiger partial charge in [0.05, 0.1) is 12.9 Å². The van der Waals surface area contributed by atoms with Crippen molar-refractivity contribution in [2.75, 3.05) is 6.61 Å². The summed E-state index contributed by atoms with van der Waals surface area (Å²) in [5.41, 5.74) is 3.91. The summed E-state index contributed by atoms with van der Waals surface area (Å²) in [6.07, 6.45) is 9.11. The standard InChI is InChI=1S/C24H29FO/c1-2-18-26-24-15-13-23(14-16-24)22-11-9-21(10-12-22)20-7-5-19(6-8-20)4-3-17-25/h3,9-17,19-20H,2,4-8,18H2,1H3/t19-,20-. The first-order valence-electron chi connectivity index (χ1n) is 9.88. The van der Waals surface area contributed by atoms with Crippen LogP contribution in [0.1, 0.15) is 56.9 Å². The van der Waals surface area contributed by atoms with Crippen molar-refractivity contribution in [3.05, 3.63) is 66.5 Å². The van der Waals surface area contributed by atoms with Crippen LogP contribution >= 0.6 is 0 Å². The largest absolute Gasteiger partial charge is 0.494 e. The minimum Gasteiger partial charge on any atom is -0.494 e. The van der Waals surface area contributed by atoms with Crippen molar-refractivity contribution in [3.63, 3.8) is 0 Å². The van der Waals surface area contributed by atoms with Gasteiger partial charge >= 0.3 is 0 Å². The van der Waals surface area contributed by atoms with Gasteiger partial charge in [0.25, 0.3) is 0 Å². The zero-order valence-corrected chi connectivity index (χ0v) is 15.7. The summed E-state index contributed by atoms with van der Waals surface area (Å²) in [4.78, 5) is 0. The molecule has 0 atom stereocenters. The molecule has 0 bridgehead atoms. The molecule has 2 aromatic carbocycles. The van der Waals surface area contributed by atoms with Gasteiger partial charge in [-0.1, -0.05) is 49.4 Å². The van der Waals surface area contributed by atoms with E-state index >= 15 is 0 Å². The monoisotopic (exact) mass is 352 g/mol. The van der Waals surface area contributed by atoms with E-state index in [-0.39, 0.29) is 0 Å². The molecule has 1 nitrogen and oxygen atoms in total. The van der Waals surface area contributed by atoms with Crippen LogP contribution in [0, 0.1) is 5.92 Å². The first kappa shape index (κ1) is 18.7. The summed E-state index contributed by atoms with van der Waals surface area (Å²) in [6, 6.07) is 17.4. The molecular formula is C24H29FO. The maximum absolute atomic E-state index is 12.2. The summed E-state index contributed by atoms with van der Waals surface area (Å²) in [5, 5.41) is 0. The number of rotatable bonds is 7. The Hall–Kier alpha value is -2.09. The summed E-state index contributed by atoms with van der Waals surface area (Å²) < 4.78 is 17.8. The third kappa shape index (κ3) is 4.97. The van der Waals surface area contributed by atoms with Gasteiger partial charge in [0.2, 0.25) is 0 Å². The second-order valence-corrected chi connectivity index (χ2v) is 7.31. The van der Waals surface area contributed by atoms with E-state index in [1.54, 1.807) is 6.08 Å². The van der Waals surface area contributed by atoms with Crippen molar-refractivity contribution in [1.82, 2.24) is 0 Å². The highest BCUT2D eigenvalue weighted by molar-refractivity contribution is 5.64. The molecule has 138 valence electrons. The number of hydrogen-bond acceptors (Lipinski definition) is 1. The molecule has 0 unspecified atom stereocenters. The molecule has 0 aliphatic heterocycles. The van der Waals surface area contributed by atoms with E-state index < -0.39 is 0 Å². The van der Waals surface area contributed by atoms with Crippen molar-refractivity contribution in [2.45, 2.75) is 51.4 Å². The highest BCUT2D eigenvalue weighted by Gasteiger charge is 2.21. The normalized spacial score (nSPS) is 20.4. The van der Waals surface area contributed by atoms with E-state index in [1.807, 2.05) is 12.1 Å². The first-order valence-corrected chi connectivity index (χ1v) is 9.88.